The van der Waals surface area contributed by atoms with Crippen molar-refractivity contribution >= 4 is 16.5 Å². The van der Waals surface area contributed by atoms with E-state index < -0.39 is 11.7 Å². The Hall–Kier alpha value is -2.38. The van der Waals surface area contributed by atoms with E-state index in [1.165, 1.54) is 17.8 Å². The van der Waals surface area contributed by atoms with Gasteiger partial charge in [0.2, 0.25) is 0 Å². The number of alkyl halides is 3. The van der Waals surface area contributed by atoms with E-state index in [2.05, 4.69) is 63.6 Å². The van der Waals surface area contributed by atoms with Crippen molar-refractivity contribution in [1.82, 2.24) is 4.48 Å². The fourth-order valence-corrected chi connectivity index (χ4v) is 3.66. The maximum atomic E-state index is 12.9. The molecule has 0 saturated heterocycles. The molecule has 0 saturated carbocycles. The fourth-order valence-electron chi connectivity index (χ4n) is 3.66. The number of nitrogens with zero attached hydrogens (tertiary/aromatic N) is 1. The van der Waals surface area contributed by atoms with E-state index in [1.807, 2.05) is 18.2 Å². The molecule has 0 aliphatic heterocycles. The highest BCUT2D eigenvalue weighted by molar-refractivity contribution is 5.98. The summed E-state index contributed by atoms with van der Waals surface area (Å²) in [5.41, 5.74) is 4.53. The molecule has 0 aliphatic rings. The van der Waals surface area contributed by atoms with Crippen molar-refractivity contribution in [3.63, 3.8) is 0 Å². The Balaban J connectivity index is 0.00000272. The molecule has 4 aromatic carbocycles. The lowest BCUT2D eigenvalue weighted by atomic mass is 9.94. The molecule has 0 amide bonds. The minimum absolute atomic E-state index is 0. The lowest BCUT2D eigenvalue weighted by molar-refractivity contribution is -0.137. The standard InChI is InChI=1S/C26H23F3N.HI/c1-30(2,3)23-8-4-6-19(17-23)20-12-15-25-21(16-20)7-5-9-24(25)18-10-13-22(14-11-18)26(27,28)29;/h4-17H,1-3H3;1H/q+1;/p-1. The molecule has 0 fully saturated rings. The van der Waals surface area contributed by atoms with Gasteiger partial charge in [-0.25, -0.2) is 0 Å². The SMILES string of the molecule is C[N+](C)(C)c1cccc(-c2ccc3c(-c4ccc(C(F)(F)F)cc4)cccc3c2)c1.[I-]. The van der Waals surface area contributed by atoms with Gasteiger partial charge in [0.1, 0.15) is 5.69 Å². The summed E-state index contributed by atoms with van der Waals surface area (Å²) in [6, 6.07) is 26.0. The molecule has 1 nitrogen and oxygen atoms in total. The molecule has 4 aromatic rings. The molecule has 5 heteroatoms. The predicted molar refractivity (Wildman–Crippen MR) is 119 cm³/mol. The summed E-state index contributed by atoms with van der Waals surface area (Å²) >= 11 is 0. The van der Waals surface area contributed by atoms with Crippen LogP contribution in [0.4, 0.5) is 18.9 Å². The predicted octanol–water partition coefficient (Wildman–Crippen LogP) is 4.39. The Bertz CT molecular complexity index is 1210. The lowest BCUT2D eigenvalue weighted by Gasteiger charge is -2.23. The molecule has 0 aromatic heterocycles. The number of halogens is 4. The Labute approximate surface area is 197 Å². The minimum Gasteiger partial charge on any atom is -1.00 e. The van der Waals surface area contributed by atoms with Gasteiger partial charge in [0.15, 0.2) is 0 Å². The molecule has 160 valence electrons. The molecular formula is C26H23F3IN. The summed E-state index contributed by atoms with van der Waals surface area (Å²) in [5, 5.41) is 2.07. The van der Waals surface area contributed by atoms with Crippen LogP contribution in [-0.2, 0) is 6.18 Å². The van der Waals surface area contributed by atoms with Crippen LogP contribution in [0.1, 0.15) is 5.56 Å². The molecule has 31 heavy (non-hydrogen) atoms. The molecule has 4 rings (SSSR count). The van der Waals surface area contributed by atoms with Crippen molar-refractivity contribution in [3.8, 4) is 22.3 Å². The van der Waals surface area contributed by atoms with E-state index in [1.54, 1.807) is 0 Å². The third kappa shape index (κ3) is 4.93. The smallest absolute Gasteiger partial charge is 0.416 e. The Kier molecular flexibility index (Phi) is 6.48. The highest BCUT2D eigenvalue weighted by Gasteiger charge is 2.30. The average Bonchev–Trinajstić information content (AvgIpc) is 2.72. The number of benzene rings is 4. The molecular weight excluding hydrogens is 510 g/mol. The van der Waals surface area contributed by atoms with Crippen molar-refractivity contribution in [2.75, 3.05) is 21.1 Å². The van der Waals surface area contributed by atoms with Crippen LogP contribution in [0.25, 0.3) is 33.0 Å². The van der Waals surface area contributed by atoms with E-state index in [0.717, 1.165) is 49.6 Å². The maximum absolute atomic E-state index is 12.9. The van der Waals surface area contributed by atoms with Gasteiger partial charge in [-0.3, -0.25) is 4.48 Å². The summed E-state index contributed by atoms with van der Waals surface area (Å²) in [7, 11) is 6.40. The molecule has 0 spiro atoms. The van der Waals surface area contributed by atoms with Crippen LogP contribution in [0.15, 0.2) is 84.9 Å². The van der Waals surface area contributed by atoms with Gasteiger partial charge in [0.25, 0.3) is 0 Å². The first kappa shape index (κ1) is 23.3. The number of rotatable bonds is 3. The Morgan fingerprint density at radius 2 is 1.26 bits per heavy atom. The maximum Gasteiger partial charge on any atom is 0.416 e. The first-order valence-corrected chi connectivity index (χ1v) is 9.76. The monoisotopic (exact) mass is 533 g/mol. The van der Waals surface area contributed by atoms with Crippen molar-refractivity contribution in [3.05, 3.63) is 90.5 Å². The quantitative estimate of drug-likeness (QED) is 0.271. The zero-order valence-electron chi connectivity index (χ0n) is 17.5. The van der Waals surface area contributed by atoms with Gasteiger partial charge in [-0.05, 0) is 57.3 Å². The van der Waals surface area contributed by atoms with E-state index in [-0.39, 0.29) is 24.0 Å². The zero-order chi connectivity index (χ0) is 21.5. The van der Waals surface area contributed by atoms with E-state index >= 15 is 0 Å². The fraction of sp³-hybridized carbons (Fsp3) is 0.154. The van der Waals surface area contributed by atoms with E-state index in [0.29, 0.717) is 0 Å². The first-order chi connectivity index (χ1) is 14.1. The highest BCUT2D eigenvalue weighted by Crippen LogP contribution is 2.35. The largest absolute Gasteiger partial charge is 1.00 e. The Morgan fingerprint density at radius 3 is 1.90 bits per heavy atom. The topological polar surface area (TPSA) is 0 Å². The van der Waals surface area contributed by atoms with Crippen molar-refractivity contribution in [2.45, 2.75) is 6.18 Å². The van der Waals surface area contributed by atoms with E-state index in [4.69, 9.17) is 0 Å². The molecule has 0 heterocycles. The van der Waals surface area contributed by atoms with Crippen molar-refractivity contribution < 1.29 is 37.1 Å². The summed E-state index contributed by atoms with van der Waals surface area (Å²) in [6.45, 7) is 0. The van der Waals surface area contributed by atoms with E-state index in [9.17, 15) is 13.2 Å². The van der Waals surface area contributed by atoms with Gasteiger partial charge >= 0.3 is 6.18 Å². The van der Waals surface area contributed by atoms with Gasteiger partial charge in [-0.2, -0.15) is 13.2 Å². The third-order valence-corrected chi connectivity index (χ3v) is 5.36. The van der Waals surface area contributed by atoms with Crippen LogP contribution < -0.4 is 28.5 Å². The van der Waals surface area contributed by atoms with Gasteiger partial charge in [0, 0.05) is 6.07 Å². The molecule has 0 atom stereocenters. The number of hydrogen-bond donors (Lipinski definition) is 0. The Morgan fingerprint density at radius 1 is 0.645 bits per heavy atom. The first-order valence-electron chi connectivity index (χ1n) is 9.76. The molecule has 0 N–H and O–H groups in total. The van der Waals surface area contributed by atoms with Crippen LogP contribution in [0.5, 0.6) is 0 Å². The number of quaternary nitrogens is 1. The van der Waals surface area contributed by atoms with Crippen LogP contribution in [0.2, 0.25) is 0 Å². The molecule has 0 aliphatic carbocycles. The van der Waals surface area contributed by atoms with Crippen LogP contribution in [0, 0.1) is 0 Å². The summed E-state index contributed by atoms with van der Waals surface area (Å²) in [6.07, 6.45) is -4.33. The van der Waals surface area contributed by atoms with Crippen LogP contribution >= 0.6 is 0 Å². The van der Waals surface area contributed by atoms with Crippen LogP contribution in [-0.4, -0.2) is 21.1 Å². The number of fused-ring (bicyclic) bond motifs is 1. The van der Waals surface area contributed by atoms with Gasteiger partial charge in [-0.1, -0.05) is 54.6 Å². The third-order valence-electron chi connectivity index (χ3n) is 5.36. The van der Waals surface area contributed by atoms with Gasteiger partial charge in [0.05, 0.1) is 26.7 Å². The number of hydrogen-bond acceptors (Lipinski definition) is 0. The molecule has 0 bridgehead atoms. The second-order valence-electron chi connectivity index (χ2n) is 8.38. The summed E-state index contributed by atoms with van der Waals surface area (Å²) in [4.78, 5) is 0. The van der Waals surface area contributed by atoms with Gasteiger partial charge in [-0.15, -0.1) is 0 Å². The van der Waals surface area contributed by atoms with Crippen molar-refractivity contribution in [2.24, 2.45) is 0 Å². The minimum atomic E-state index is -4.33. The van der Waals surface area contributed by atoms with Crippen molar-refractivity contribution in [1.29, 1.82) is 0 Å². The second kappa shape index (κ2) is 8.63. The summed E-state index contributed by atoms with van der Waals surface area (Å²) < 4.78 is 39.4. The highest BCUT2D eigenvalue weighted by atomic mass is 127. The average molecular weight is 533 g/mol. The molecule has 0 radical (unpaired) electrons. The lowest BCUT2D eigenvalue weighted by Crippen LogP contribution is -3.00. The molecule has 0 unspecified atom stereocenters. The van der Waals surface area contributed by atoms with Crippen LogP contribution in [0.3, 0.4) is 0 Å². The van der Waals surface area contributed by atoms with Gasteiger partial charge < -0.3 is 24.0 Å². The zero-order valence-corrected chi connectivity index (χ0v) is 19.7. The normalized spacial score (nSPS) is 11.9. The second-order valence-corrected chi connectivity index (χ2v) is 8.38. The summed E-state index contributed by atoms with van der Waals surface area (Å²) in [5.74, 6) is 0.